The van der Waals surface area contributed by atoms with E-state index in [9.17, 15) is 9.59 Å². The molecule has 0 saturated heterocycles. The van der Waals surface area contributed by atoms with E-state index in [1.807, 2.05) is 18.2 Å². The van der Waals surface area contributed by atoms with Gasteiger partial charge in [0.1, 0.15) is 17.6 Å². The summed E-state index contributed by atoms with van der Waals surface area (Å²) in [7, 11) is 0. The van der Waals surface area contributed by atoms with Crippen molar-refractivity contribution in [3.05, 3.63) is 40.9 Å². The highest BCUT2D eigenvalue weighted by Gasteiger charge is 2.13. The molecule has 2 N–H and O–H groups in total. The third-order valence-corrected chi connectivity index (χ3v) is 2.68. The van der Waals surface area contributed by atoms with E-state index in [0.29, 0.717) is 11.1 Å². The van der Waals surface area contributed by atoms with Gasteiger partial charge in [0.05, 0.1) is 6.33 Å². The van der Waals surface area contributed by atoms with Gasteiger partial charge < -0.3 is 10.2 Å². The van der Waals surface area contributed by atoms with Crippen LogP contribution in [0.4, 0.5) is 0 Å². The molecule has 6 heteroatoms. The third-order valence-electron chi connectivity index (χ3n) is 2.68. The average Bonchev–Trinajstić information content (AvgIpc) is 2.72. The highest BCUT2D eigenvalue weighted by molar-refractivity contribution is 6.01. The quantitative estimate of drug-likeness (QED) is 0.714. The number of benzene rings is 1. The third kappa shape index (κ3) is 1.46. The molecule has 3 aromatic rings. The van der Waals surface area contributed by atoms with Gasteiger partial charge in [0, 0.05) is 5.39 Å². The maximum absolute atomic E-state index is 12.1. The Bertz CT molecular complexity index is 816. The summed E-state index contributed by atoms with van der Waals surface area (Å²) < 4.78 is 6.59. The predicted octanol–water partition coefficient (Wildman–Crippen LogP) is 0.628. The lowest BCUT2D eigenvalue weighted by molar-refractivity contribution is -0.118. The fraction of sp³-hybridized carbons (Fsp3) is 0.0833. The summed E-state index contributed by atoms with van der Waals surface area (Å²) in [5, 5.41) is 0.774. The van der Waals surface area contributed by atoms with Gasteiger partial charge in [-0.25, -0.2) is 4.98 Å². The Morgan fingerprint density at radius 1 is 1.39 bits per heavy atom. The molecule has 0 bridgehead atoms. The Balaban J connectivity index is 2.35. The number of rotatable bonds is 2. The summed E-state index contributed by atoms with van der Waals surface area (Å²) in [6.45, 7) is -0.210. The Kier molecular flexibility index (Phi) is 2.16. The second-order valence-corrected chi connectivity index (χ2v) is 3.92. The summed E-state index contributed by atoms with van der Waals surface area (Å²) >= 11 is 0. The molecule has 90 valence electrons. The number of aromatic nitrogens is 2. The molecule has 0 fully saturated rings. The molecule has 0 spiro atoms. The molecular formula is C12H9N3O3. The first-order valence-electron chi connectivity index (χ1n) is 5.32. The van der Waals surface area contributed by atoms with Crippen molar-refractivity contribution >= 4 is 28.0 Å². The number of nitrogens with two attached hydrogens (primary N) is 1. The molecule has 2 heterocycles. The number of nitrogens with zero attached hydrogens (tertiary/aromatic N) is 2. The van der Waals surface area contributed by atoms with Gasteiger partial charge in [-0.15, -0.1) is 0 Å². The molecule has 6 nitrogen and oxygen atoms in total. The van der Waals surface area contributed by atoms with Crippen molar-refractivity contribution in [2.45, 2.75) is 6.54 Å². The van der Waals surface area contributed by atoms with E-state index in [-0.39, 0.29) is 12.1 Å². The van der Waals surface area contributed by atoms with Crippen molar-refractivity contribution in [1.29, 1.82) is 0 Å². The molecule has 3 rings (SSSR count). The van der Waals surface area contributed by atoms with Crippen molar-refractivity contribution in [3.63, 3.8) is 0 Å². The van der Waals surface area contributed by atoms with Crippen molar-refractivity contribution in [2.24, 2.45) is 5.73 Å². The van der Waals surface area contributed by atoms with Crippen LogP contribution in [0.1, 0.15) is 0 Å². The number of carbonyl (C=O) groups is 1. The van der Waals surface area contributed by atoms with Gasteiger partial charge in [-0.3, -0.25) is 14.2 Å². The maximum atomic E-state index is 12.1. The molecule has 1 aromatic carbocycles. The zero-order chi connectivity index (χ0) is 12.7. The summed E-state index contributed by atoms with van der Waals surface area (Å²) in [6, 6.07) is 7.24. The minimum atomic E-state index is -0.602. The van der Waals surface area contributed by atoms with Crippen molar-refractivity contribution < 1.29 is 9.21 Å². The number of amides is 1. The predicted molar refractivity (Wildman–Crippen MR) is 65.0 cm³/mol. The molecule has 0 aliphatic rings. The number of hydrogen-bond acceptors (Lipinski definition) is 4. The van der Waals surface area contributed by atoms with E-state index in [2.05, 4.69) is 4.98 Å². The average molecular weight is 243 g/mol. The minimum Gasteiger partial charge on any atom is -0.448 e. The summed E-state index contributed by atoms with van der Waals surface area (Å²) in [4.78, 5) is 27.0. The molecule has 0 radical (unpaired) electrons. The molecule has 0 aliphatic carbocycles. The van der Waals surface area contributed by atoms with Gasteiger partial charge in [-0.2, -0.15) is 0 Å². The Morgan fingerprint density at radius 3 is 2.94 bits per heavy atom. The van der Waals surface area contributed by atoms with Crippen LogP contribution < -0.4 is 11.3 Å². The first kappa shape index (κ1) is 10.5. The van der Waals surface area contributed by atoms with Crippen LogP contribution in [0, 0.1) is 0 Å². The molecule has 0 saturated carbocycles. The molecular weight excluding hydrogens is 234 g/mol. The van der Waals surface area contributed by atoms with Crippen LogP contribution in [0.5, 0.6) is 0 Å². The lowest BCUT2D eigenvalue weighted by atomic mass is 10.2. The fourth-order valence-electron chi connectivity index (χ4n) is 1.90. The highest BCUT2D eigenvalue weighted by Crippen LogP contribution is 2.23. The normalized spacial score (nSPS) is 11.1. The van der Waals surface area contributed by atoms with Crippen molar-refractivity contribution in [2.75, 3.05) is 0 Å². The van der Waals surface area contributed by atoms with Crippen LogP contribution in [-0.2, 0) is 11.3 Å². The summed E-state index contributed by atoms with van der Waals surface area (Å²) in [5.74, 6) is -0.602. The van der Waals surface area contributed by atoms with Gasteiger partial charge in [0.25, 0.3) is 5.56 Å². The number of primary amides is 1. The van der Waals surface area contributed by atoms with Gasteiger partial charge >= 0.3 is 0 Å². The van der Waals surface area contributed by atoms with Crippen LogP contribution in [0.2, 0.25) is 0 Å². The Morgan fingerprint density at radius 2 is 2.17 bits per heavy atom. The zero-order valence-electron chi connectivity index (χ0n) is 9.29. The van der Waals surface area contributed by atoms with Crippen LogP contribution in [0.15, 0.2) is 39.8 Å². The Labute approximate surface area is 101 Å². The first-order chi connectivity index (χ1) is 8.66. The second-order valence-electron chi connectivity index (χ2n) is 3.92. The van der Waals surface area contributed by atoms with Crippen LogP contribution in [0.3, 0.4) is 0 Å². The first-order valence-corrected chi connectivity index (χ1v) is 5.32. The number of para-hydroxylation sites is 1. The largest absolute Gasteiger partial charge is 0.448 e. The maximum Gasteiger partial charge on any atom is 0.297 e. The number of fused-ring (bicyclic) bond motifs is 3. The Hall–Kier alpha value is -2.63. The lowest BCUT2D eigenvalue weighted by Crippen LogP contribution is -2.27. The van der Waals surface area contributed by atoms with E-state index < -0.39 is 11.5 Å². The van der Waals surface area contributed by atoms with Crippen LogP contribution in [0.25, 0.3) is 22.1 Å². The van der Waals surface area contributed by atoms with E-state index in [0.717, 1.165) is 9.95 Å². The summed E-state index contributed by atoms with van der Waals surface area (Å²) in [5.41, 5.74) is 5.88. The molecule has 0 aliphatic heterocycles. The smallest absolute Gasteiger partial charge is 0.297 e. The molecule has 1 amide bonds. The van der Waals surface area contributed by atoms with Crippen molar-refractivity contribution in [1.82, 2.24) is 9.55 Å². The highest BCUT2D eigenvalue weighted by atomic mass is 16.3. The fourth-order valence-corrected chi connectivity index (χ4v) is 1.90. The minimum absolute atomic E-state index is 0.139. The topological polar surface area (TPSA) is 91.1 Å². The number of carbonyl (C=O) groups excluding carboxylic acids is 1. The van der Waals surface area contributed by atoms with E-state index >= 15 is 0 Å². The summed E-state index contributed by atoms with van der Waals surface area (Å²) in [6.07, 6.45) is 1.30. The van der Waals surface area contributed by atoms with Gasteiger partial charge in [0.2, 0.25) is 11.5 Å². The monoisotopic (exact) mass is 243 g/mol. The van der Waals surface area contributed by atoms with Crippen LogP contribution in [-0.4, -0.2) is 15.5 Å². The van der Waals surface area contributed by atoms with Crippen molar-refractivity contribution in [3.8, 4) is 0 Å². The standard InChI is InChI=1S/C12H9N3O3/c13-9(16)5-15-6-14-10-7-3-1-2-4-8(7)18-11(10)12(15)17/h1-4,6H,5H2,(H2,13,16). The number of furan rings is 1. The molecule has 2 aromatic heterocycles. The molecule has 18 heavy (non-hydrogen) atoms. The van der Waals surface area contributed by atoms with E-state index in [1.54, 1.807) is 6.07 Å². The SMILES string of the molecule is NC(=O)Cn1cnc2c(oc3ccccc32)c1=O. The van der Waals surface area contributed by atoms with E-state index in [4.69, 9.17) is 10.2 Å². The molecule has 0 atom stereocenters. The van der Waals surface area contributed by atoms with E-state index in [1.165, 1.54) is 6.33 Å². The van der Waals surface area contributed by atoms with Gasteiger partial charge in [-0.1, -0.05) is 12.1 Å². The number of hydrogen-bond donors (Lipinski definition) is 1. The zero-order valence-corrected chi connectivity index (χ0v) is 9.29. The van der Waals surface area contributed by atoms with Gasteiger partial charge in [-0.05, 0) is 12.1 Å². The lowest BCUT2D eigenvalue weighted by Gasteiger charge is -2.00. The second kappa shape index (κ2) is 3.69. The molecule has 0 unspecified atom stereocenters. The van der Waals surface area contributed by atoms with Gasteiger partial charge in [0.15, 0.2) is 0 Å². The van der Waals surface area contributed by atoms with Crippen LogP contribution >= 0.6 is 0 Å².